The van der Waals surface area contributed by atoms with Crippen molar-refractivity contribution >= 4 is 21.6 Å². The molecule has 196 valence electrons. The summed E-state index contributed by atoms with van der Waals surface area (Å²) in [6.45, 7) is 1.57. The van der Waals surface area contributed by atoms with Crippen LogP contribution < -0.4 is 14.9 Å². The van der Waals surface area contributed by atoms with Gasteiger partial charge in [0.1, 0.15) is 0 Å². The maximum Gasteiger partial charge on any atom is 0.255 e. The van der Waals surface area contributed by atoms with Crippen molar-refractivity contribution in [1.82, 2.24) is 9.73 Å². The minimum atomic E-state index is -4.02. The quantitative estimate of drug-likeness (QED) is 0.269. The number of rotatable bonds is 13. The van der Waals surface area contributed by atoms with Crippen LogP contribution in [0.15, 0.2) is 88.9 Å². The van der Waals surface area contributed by atoms with Crippen LogP contribution >= 0.6 is 0 Å². The Kier molecular flexibility index (Phi) is 10.2. The van der Waals surface area contributed by atoms with Crippen molar-refractivity contribution in [3.8, 4) is 11.5 Å². The number of aryl methyl sites for hydroxylation is 1. The van der Waals surface area contributed by atoms with E-state index < -0.39 is 15.9 Å². The molecule has 0 unspecified atom stereocenters. The molecule has 0 heterocycles. The summed E-state index contributed by atoms with van der Waals surface area (Å²) in [5, 5.41) is 4.17. The lowest BCUT2D eigenvalue weighted by Gasteiger charge is -2.22. The SMILES string of the molecule is COc1ccc(S(=O)(=O)N(CCc2ccccc2)CC(=O)N/N=C(\C)CCc2ccccc2)cc1OC. The minimum absolute atomic E-state index is 0.00792. The van der Waals surface area contributed by atoms with Crippen LogP contribution in [0, 0.1) is 0 Å². The Balaban J connectivity index is 1.74. The number of carbonyl (C=O) groups is 1. The van der Waals surface area contributed by atoms with Crippen LogP contribution in [0.25, 0.3) is 0 Å². The zero-order valence-electron chi connectivity index (χ0n) is 21.4. The number of sulfonamides is 1. The summed E-state index contributed by atoms with van der Waals surface area (Å²) in [5.74, 6) is 0.182. The van der Waals surface area contributed by atoms with Gasteiger partial charge in [-0.15, -0.1) is 0 Å². The summed E-state index contributed by atoms with van der Waals surface area (Å²) < 4.78 is 38.8. The Hall–Kier alpha value is -3.69. The van der Waals surface area contributed by atoms with Crippen molar-refractivity contribution in [3.63, 3.8) is 0 Å². The molecule has 8 nitrogen and oxygen atoms in total. The van der Waals surface area contributed by atoms with Gasteiger partial charge in [-0.1, -0.05) is 60.7 Å². The standard InChI is InChI=1S/C28H33N3O5S/c1-22(14-15-23-10-6-4-7-11-23)29-30-28(32)21-31(19-18-24-12-8-5-9-13-24)37(33,34)25-16-17-26(35-2)27(20-25)36-3/h4-13,16-17,20H,14-15,18-19,21H2,1-3H3,(H,30,32)/b29-22+. The fourth-order valence-electron chi connectivity index (χ4n) is 3.69. The van der Waals surface area contributed by atoms with Gasteiger partial charge in [0, 0.05) is 18.3 Å². The molecule has 0 saturated carbocycles. The van der Waals surface area contributed by atoms with Crippen molar-refractivity contribution in [3.05, 3.63) is 90.0 Å². The topological polar surface area (TPSA) is 97.3 Å². The largest absolute Gasteiger partial charge is 0.493 e. The number of carbonyl (C=O) groups excluding carboxylic acids is 1. The number of nitrogens with one attached hydrogen (secondary N) is 1. The summed E-state index contributed by atoms with van der Waals surface area (Å²) in [6, 6.07) is 23.9. The van der Waals surface area contributed by atoms with Gasteiger partial charge in [-0.25, -0.2) is 13.8 Å². The van der Waals surface area contributed by atoms with Gasteiger partial charge in [0.05, 0.1) is 25.7 Å². The monoisotopic (exact) mass is 523 g/mol. The first-order chi connectivity index (χ1) is 17.8. The fourth-order valence-corrected chi connectivity index (χ4v) is 5.10. The van der Waals surface area contributed by atoms with E-state index in [1.54, 1.807) is 0 Å². The molecular formula is C28H33N3O5S. The number of benzene rings is 3. The second kappa shape index (κ2) is 13.6. The summed E-state index contributed by atoms with van der Waals surface area (Å²) >= 11 is 0. The first kappa shape index (κ1) is 27.9. The molecule has 1 amide bonds. The van der Waals surface area contributed by atoms with Gasteiger partial charge in [0.2, 0.25) is 10.0 Å². The zero-order valence-corrected chi connectivity index (χ0v) is 22.2. The summed E-state index contributed by atoms with van der Waals surface area (Å²) in [6.07, 6.45) is 1.91. The van der Waals surface area contributed by atoms with Crippen molar-refractivity contribution in [2.75, 3.05) is 27.3 Å². The lowest BCUT2D eigenvalue weighted by molar-refractivity contribution is -0.121. The van der Waals surface area contributed by atoms with Gasteiger partial charge in [-0.05, 0) is 49.4 Å². The number of hydrogen-bond donors (Lipinski definition) is 1. The number of nitrogens with zero attached hydrogens (tertiary/aromatic N) is 2. The van der Waals surface area contributed by atoms with Crippen molar-refractivity contribution in [2.24, 2.45) is 5.10 Å². The van der Waals surface area contributed by atoms with Crippen molar-refractivity contribution < 1.29 is 22.7 Å². The van der Waals surface area contributed by atoms with Gasteiger partial charge in [-0.2, -0.15) is 9.41 Å². The lowest BCUT2D eigenvalue weighted by Crippen LogP contribution is -2.40. The third kappa shape index (κ3) is 8.16. The molecule has 0 saturated heterocycles. The highest BCUT2D eigenvalue weighted by atomic mass is 32.2. The van der Waals surface area contributed by atoms with Crippen LogP contribution in [0.2, 0.25) is 0 Å². The van der Waals surface area contributed by atoms with E-state index in [4.69, 9.17) is 9.47 Å². The molecule has 0 spiro atoms. The summed E-state index contributed by atoms with van der Waals surface area (Å²) in [5.41, 5.74) is 5.40. The molecule has 0 bridgehead atoms. The molecule has 37 heavy (non-hydrogen) atoms. The zero-order chi connectivity index (χ0) is 26.7. The number of ether oxygens (including phenoxy) is 2. The maximum atomic E-state index is 13.6. The molecule has 9 heteroatoms. The van der Waals surface area contributed by atoms with E-state index in [1.807, 2.05) is 67.6 Å². The van der Waals surface area contributed by atoms with Gasteiger partial charge in [0.15, 0.2) is 11.5 Å². The summed E-state index contributed by atoms with van der Waals surface area (Å²) in [4.78, 5) is 12.8. The van der Waals surface area contributed by atoms with Crippen molar-refractivity contribution in [2.45, 2.75) is 31.1 Å². The number of amides is 1. The van der Waals surface area contributed by atoms with E-state index in [0.717, 1.165) is 22.0 Å². The molecule has 3 rings (SSSR count). The number of hydrogen-bond acceptors (Lipinski definition) is 6. The highest BCUT2D eigenvalue weighted by Crippen LogP contribution is 2.30. The molecule has 0 aliphatic rings. The molecule has 0 aliphatic heterocycles. The summed E-state index contributed by atoms with van der Waals surface area (Å²) in [7, 11) is -1.11. The van der Waals surface area contributed by atoms with Crippen LogP contribution in [0.4, 0.5) is 0 Å². The highest BCUT2D eigenvalue weighted by Gasteiger charge is 2.27. The Morgan fingerprint density at radius 2 is 1.46 bits per heavy atom. The van der Waals surface area contributed by atoms with Crippen molar-refractivity contribution in [1.29, 1.82) is 0 Å². The van der Waals surface area contributed by atoms with Crippen LogP contribution in [0.1, 0.15) is 24.5 Å². The molecule has 0 fully saturated rings. The first-order valence-corrected chi connectivity index (χ1v) is 13.4. The average Bonchev–Trinajstić information content (AvgIpc) is 2.93. The van der Waals surface area contributed by atoms with E-state index >= 15 is 0 Å². The van der Waals surface area contributed by atoms with Crippen LogP contribution in [-0.4, -0.2) is 51.7 Å². The predicted molar refractivity (Wildman–Crippen MR) is 144 cm³/mol. The van der Waals surface area contributed by atoms with E-state index in [1.165, 1.54) is 38.0 Å². The average molecular weight is 524 g/mol. The van der Waals surface area contributed by atoms with E-state index in [0.29, 0.717) is 18.6 Å². The van der Waals surface area contributed by atoms with Gasteiger partial charge >= 0.3 is 0 Å². The van der Waals surface area contributed by atoms with Gasteiger partial charge in [-0.3, -0.25) is 4.79 Å². The van der Waals surface area contributed by atoms with Gasteiger partial charge in [0.25, 0.3) is 5.91 Å². The third-order valence-electron chi connectivity index (χ3n) is 5.80. The van der Waals surface area contributed by atoms with E-state index in [-0.39, 0.29) is 23.7 Å². The molecule has 0 aliphatic carbocycles. The van der Waals surface area contributed by atoms with Crippen LogP contribution in [0.5, 0.6) is 11.5 Å². The second-order valence-electron chi connectivity index (χ2n) is 8.46. The molecule has 3 aromatic carbocycles. The Bertz CT molecular complexity index is 1300. The first-order valence-electron chi connectivity index (χ1n) is 12.0. The minimum Gasteiger partial charge on any atom is -0.493 e. The lowest BCUT2D eigenvalue weighted by atomic mass is 10.1. The molecular weight excluding hydrogens is 490 g/mol. The highest BCUT2D eigenvalue weighted by molar-refractivity contribution is 7.89. The Morgan fingerprint density at radius 3 is 2.05 bits per heavy atom. The normalized spacial score (nSPS) is 11.8. The number of methoxy groups -OCH3 is 2. The van der Waals surface area contributed by atoms with Crippen LogP contribution in [0.3, 0.4) is 0 Å². The maximum absolute atomic E-state index is 13.6. The smallest absolute Gasteiger partial charge is 0.255 e. The van der Waals surface area contributed by atoms with E-state index in [9.17, 15) is 13.2 Å². The Morgan fingerprint density at radius 1 is 0.865 bits per heavy atom. The molecule has 3 aromatic rings. The van der Waals surface area contributed by atoms with Crippen LogP contribution in [-0.2, 0) is 27.7 Å². The predicted octanol–water partition coefficient (Wildman–Crippen LogP) is 4.06. The number of hydrazone groups is 1. The Labute approximate surface area is 219 Å². The second-order valence-corrected chi connectivity index (χ2v) is 10.4. The molecule has 1 N–H and O–H groups in total. The molecule has 0 atom stereocenters. The molecule has 0 aromatic heterocycles. The molecule has 0 radical (unpaired) electrons. The fraction of sp³-hybridized carbons (Fsp3) is 0.286. The van der Waals surface area contributed by atoms with E-state index in [2.05, 4.69) is 10.5 Å². The third-order valence-corrected chi connectivity index (χ3v) is 7.64. The van der Waals surface area contributed by atoms with Gasteiger partial charge < -0.3 is 9.47 Å².